The molecule has 2 rings (SSSR count). The van der Waals surface area contributed by atoms with Gasteiger partial charge in [-0.3, -0.25) is 4.79 Å². The molecule has 1 amide bonds. The molecule has 0 saturated carbocycles. The molecule has 104 valence electrons. The summed E-state index contributed by atoms with van der Waals surface area (Å²) in [6.07, 6.45) is 1.51. The van der Waals surface area contributed by atoms with Gasteiger partial charge in [-0.25, -0.2) is 4.79 Å². The lowest BCUT2D eigenvalue weighted by Crippen LogP contribution is -2.15. The number of primary amides is 1. The maximum atomic E-state index is 12.0. The first-order chi connectivity index (χ1) is 9.47. The Morgan fingerprint density at radius 1 is 1.30 bits per heavy atom. The van der Waals surface area contributed by atoms with Gasteiger partial charge in [0.2, 0.25) is 0 Å². The number of esters is 1. The molecule has 0 atom stereocenters. The Bertz CT molecular complexity index is 710. The van der Waals surface area contributed by atoms with Gasteiger partial charge in [0.1, 0.15) is 0 Å². The van der Waals surface area contributed by atoms with Crippen LogP contribution in [0.1, 0.15) is 38.9 Å². The van der Waals surface area contributed by atoms with Crippen molar-refractivity contribution in [3.8, 4) is 0 Å². The minimum absolute atomic E-state index is 0.101. The molecule has 0 aliphatic carbocycles. The highest BCUT2D eigenvalue weighted by atomic mass is 16.5. The van der Waals surface area contributed by atoms with Gasteiger partial charge in [0, 0.05) is 10.8 Å². The molecule has 2 N–H and O–H groups in total. The van der Waals surface area contributed by atoms with Gasteiger partial charge in [-0.15, -0.1) is 5.10 Å². The Morgan fingerprint density at radius 3 is 2.60 bits per heavy atom. The van der Waals surface area contributed by atoms with Gasteiger partial charge in [-0.05, 0) is 38.0 Å². The molecule has 0 spiro atoms. The predicted molar refractivity (Wildman–Crippen MR) is 73.5 cm³/mol. The molecule has 0 unspecified atom stereocenters. The SMILES string of the molecule is CCOC(=O)c1c(C)cc2c(C(N)=O)nncc2c1C. The average Bonchev–Trinajstić information content (AvgIpc) is 2.38. The molecule has 0 saturated heterocycles. The van der Waals surface area contributed by atoms with Gasteiger partial charge < -0.3 is 10.5 Å². The van der Waals surface area contributed by atoms with E-state index >= 15 is 0 Å². The number of aromatic nitrogens is 2. The van der Waals surface area contributed by atoms with Gasteiger partial charge >= 0.3 is 5.97 Å². The molecular formula is C14H15N3O3. The second-order valence-electron chi connectivity index (χ2n) is 4.43. The molecule has 0 aliphatic heterocycles. The Labute approximate surface area is 115 Å². The number of carbonyl (C=O) groups is 2. The van der Waals surface area contributed by atoms with Gasteiger partial charge in [0.25, 0.3) is 5.91 Å². The number of hydrogen-bond donors (Lipinski definition) is 1. The van der Waals surface area contributed by atoms with E-state index in [2.05, 4.69) is 10.2 Å². The van der Waals surface area contributed by atoms with E-state index < -0.39 is 5.91 Å². The zero-order valence-electron chi connectivity index (χ0n) is 11.6. The summed E-state index contributed by atoms with van der Waals surface area (Å²) in [5, 5.41) is 8.79. The first-order valence-corrected chi connectivity index (χ1v) is 6.19. The third kappa shape index (κ3) is 2.20. The van der Waals surface area contributed by atoms with Crippen LogP contribution < -0.4 is 5.73 Å². The molecule has 6 heteroatoms. The summed E-state index contributed by atoms with van der Waals surface area (Å²) < 4.78 is 5.05. The lowest BCUT2D eigenvalue weighted by Gasteiger charge is -2.12. The van der Waals surface area contributed by atoms with Crippen molar-refractivity contribution < 1.29 is 14.3 Å². The molecular weight excluding hydrogens is 258 g/mol. The fourth-order valence-electron chi connectivity index (χ4n) is 2.26. The van der Waals surface area contributed by atoms with Crippen molar-refractivity contribution >= 4 is 22.6 Å². The molecule has 1 aromatic heterocycles. The number of nitrogens with zero attached hydrogens (tertiary/aromatic N) is 2. The molecule has 6 nitrogen and oxygen atoms in total. The number of amides is 1. The highest BCUT2D eigenvalue weighted by Crippen LogP contribution is 2.26. The van der Waals surface area contributed by atoms with Crippen molar-refractivity contribution in [3.05, 3.63) is 34.6 Å². The van der Waals surface area contributed by atoms with Crippen LogP contribution in [0.25, 0.3) is 10.8 Å². The van der Waals surface area contributed by atoms with Crippen LogP contribution >= 0.6 is 0 Å². The van der Waals surface area contributed by atoms with E-state index in [0.717, 1.165) is 0 Å². The number of benzene rings is 1. The lowest BCUT2D eigenvalue weighted by atomic mass is 9.96. The molecule has 2 aromatic rings. The Morgan fingerprint density at radius 2 is 2.00 bits per heavy atom. The van der Waals surface area contributed by atoms with Crippen molar-refractivity contribution in [2.45, 2.75) is 20.8 Å². The normalized spacial score (nSPS) is 10.6. The molecule has 0 aliphatic rings. The van der Waals surface area contributed by atoms with E-state index in [4.69, 9.17) is 10.5 Å². The van der Waals surface area contributed by atoms with Crippen molar-refractivity contribution in [3.63, 3.8) is 0 Å². The predicted octanol–water partition coefficient (Wildman–Crippen LogP) is 1.52. The van der Waals surface area contributed by atoms with Crippen LogP contribution in [0.4, 0.5) is 0 Å². The maximum absolute atomic E-state index is 12.0. The molecule has 0 radical (unpaired) electrons. The smallest absolute Gasteiger partial charge is 0.338 e. The third-order valence-corrected chi connectivity index (χ3v) is 3.14. The van der Waals surface area contributed by atoms with Crippen LogP contribution in [0, 0.1) is 13.8 Å². The Kier molecular flexibility index (Phi) is 3.65. The average molecular weight is 273 g/mol. The molecule has 0 fully saturated rings. The van der Waals surface area contributed by atoms with E-state index in [0.29, 0.717) is 34.1 Å². The largest absolute Gasteiger partial charge is 0.462 e. The molecule has 1 aromatic carbocycles. The second kappa shape index (κ2) is 5.24. The quantitative estimate of drug-likeness (QED) is 0.855. The number of rotatable bonds is 3. The van der Waals surface area contributed by atoms with E-state index in [1.165, 1.54) is 6.20 Å². The van der Waals surface area contributed by atoms with Gasteiger partial charge in [-0.1, -0.05) is 0 Å². The Hall–Kier alpha value is -2.50. The van der Waals surface area contributed by atoms with Crippen LogP contribution in [-0.2, 0) is 4.74 Å². The van der Waals surface area contributed by atoms with E-state index in [-0.39, 0.29) is 11.7 Å². The van der Waals surface area contributed by atoms with Crippen LogP contribution in [-0.4, -0.2) is 28.7 Å². The van der Waals surface area contributed by atoms with Crippen molar-refractivity contribution in [1.82, 2.24) is 10.2 Å². The Balaban J connectivity index is 2.77. The number of nitrogens with two attached hydrogens (primary N) is 1. The second-order valence-corrected chi connectivity index (χ2v) is 4.43. The minimum atomic E-state index is -0.647. The summed E-state index contributed by atoms with van der Waals surface area (Å²) in [4.78, 5) is 23.4. The lowest BCUT2D eigenvalue weighted by molar-refractivity contribution is 0.0525. The van der Waals surface area contributed by atoms with Gasteiger partial charge in [0.15, 0.2) is 5.69 Å². The van der Waals surface area contributed by atoms with Gasteiger partial charge in [0.05, 0.1) is 18.4 Å². The van der Waals surface area contributed by atoms with Gasteiger partial charge in [-0.2, -0.15) is 5.10 Å². The zero-order chi connectivity index (χ0) is 14.9. The summed E-state index contributed by atoms with van der Waals surface area (Å²) in [6, 6.07) is 1.71. The molecule has 0 bridgehead atoms. The standard InChI is InChI=1S/C14H15N3O3/c1-4-20-14(19)11-7(2)5-9-10(8(11)3)6-16-17-12(9)13(15)18/h5-6H,4H2,1-3H3,(H2,15,18). The van der Waals surface area contributed by atoms with E-state index in [1.807, 2.05) is 0 Å². The number of fused-ring (bicyclic) bond motifs is 1. The highest BCUT2D eigenvalue weighted by molar-refractivity contribution is 6.08. The van der Waals surface area contributed by atoms with Crippen LogP contribution in [0.5, 0.6) is 0 Å². The monoisotopic (exact) mass is 273 g/mol. The third-order valence-electron chi connectivity index (χ3n) is 3.14. The number of hydrogen-bond acceptors (Lipinski definition) is 5. The summed E-state index contributed by atoms with van der Waals surface area (Å²) in [7, 11) is 0. The van der Waals surface area contributed by atoms with Crippen molar-refractivity contribution in [2.24, 2.45) is 5.73 Å². The maximum Gasteiger partial charge on any atom is 0.338 e. The van der Waals surface area contributed by atoms with E-state index in [9.17, 15) is 9.59 Å². The van der Waals surface area contributed by atoms with Crippen molar-refractivity contribution in [2.75, 3.05) is 6.61 Å². The fourth-order valence-corrected chi connectivity index (χ4v) is 2.26. The summed E-state index contributed by atoms with van der Waals surface area (Å²) in [5.74, 6) is -1.03. The van der Waals surface area contributed by atoms with E-state index in [1.54, 1.807) is 26.8 Å². The minimum Gasteiger partial charge on any atom is -0.462 e. The fraction of sp³-hybridized carbons (Fsp3) is 0.286. The summed E-state index contributed by atoms with van der Waals surface area (Å²) in [6.45, 7) is 5.62. The van der Waals surface area contributed by atoms with Crippen LogP contribution in [0.3, 0.4) is 0 Å². The van der Waals surface area contributed by atoms with Crippen LogP contribution in [0.2, 0.25) is 0 Å². The first-order valence-electron chi connectivity index (χ1n) is 6.19. The summed E-state index contributed by atoms with van der Waals surface area (Å²) >= 11 is 0. The topological polar surface area (TPSA) is 95.2 Å². The number of aryl methyl sites for hydroxylation is 2. The molecule has 1 heterocycles. The van der Waals surface area contributed by atoms with Crippen molar-refractivity contribution in [1.29, 1.82) is 0 Å². The highest BCUT2D eigenvalue weighted by Gasteiger charge is 2.19. The number of carbonyl (C=O) groups excluding carboxylic acids is 2. The first kappa shape index (κ1) is 13.9. The van der Waals surface area contributed by atoms with Crippen LogP contribution in [0.15, 0.2) is 12.3 Å². The summed E-state index contributed by atoms with van der Waals surface area (Å²) in [5.41, 5.74) is 7.30. The number of ether oxygens (including phenoxy) is 1. The zero-order valence-corrected chi connectivity index (χ0v) is 11.6. The molecule has 20 heavy (non-hydrogen) atoms.